The first-order valence-corrected chi connectivity index (χ1v) is 6.48. The Balaban J connectivity index is 2.41. The van der Waals surface area contributed by atoms with Gasteiger partial charge in [0, 0.05) is 15.5 Å². The maximum atomic E-state index is 6.29. The minimum Gasteiger partial charge on any atom is -0.0850 e. The Morgan fingerprint density at radius 2 is 2.06 bits per heavy atom. The first kappa shape index (κ1) is 12.0. The maximum Gasteiger partial charge on any atom is 0.0461 e. The minimum atomic E-state index is 0.206. The molecule has 1 aliphatic rings. The van der Waals surface area contributed by atoms with Gasteiger partial charge in [0.25, 0.3) is 0 Å². The first-order chi connectivity index (χ1) is 7.60. The monoisotopic (exact) mass is 254 g/mol. The highest BCUT2D eigenvalue weighted by atomic mass is 35.5. The van der Waals surface area contributed by atoms with E-state index >= 15 is 0 Å². The molecule has 0 saturated heterocycles. The van der Waals surface area contributed by atoms with Crippen LogP contribution in [0.2, 0.25) is 10.0 Å². The molecule has 0 N–H and O–H groups in total. The van der Waals surface area contributed by atoms with Crippen LogP contribution in [0, 0.1) is 0 Å². The zero-order valence-corrected chi connectivity index (χ0v) is 11.2. The van der Waals surface area contributed by atoms with Crippen molar-refractivity contribution >= 4 is 23.2 Å². The summed E-state index contributed by atoms with van der Waals surface area (Å²) in [6, 6.07) is 5.85. The molecule has 0 aliphatic heterocycles. The summed E-state index contributed by atoms with van der Waals surface area (Å²) in [7, 11) is 0. The highest BCUT2D eigenvalue weighted by Gasteiger charge is 2.46. The van der Waals surface area contributed by atoms with Gasteiger partial charge < -0.3 is 0 Å². The quantitative estimate of drug-likeness (QED) is 0.636. The largest absolute Gasteiger partial charge is 0.0850 e. The third-order valence-corrected chi connectivity index (χ3v) is 4.01. The number of halogens is 2. The smallest absolute Gasteiger partial charge is 0.0461 e. The summed E-state index contributed by atoms with van der Waals surface area (Å²) in [5, 5.41) is 1.51. The average molecular weight is 255 g/mol. The second-order valence-electron chi connectivity index (χ2n) is 4.50. The third-order valence-electron chi connectivity index (χ3n) is 3.46. The van der Waals surface area contributed by atoms with Gasteiger partial charge in [0.2, 0.25) is 0 Å². The van der Waals surface area contributed by atoms with Crippen LogP contribution in [0.15, 0.2) is 29.8 Å². The number of rotatable bonds is 3. The van der Waals surface area contributed by atoms with Crippen molar-refractivity contribution in [3.05, 3.63) is 45.5 Å². The van der Waals surface area contributed by atoms with Crippen LogP contribution >= 0.6 is 23.2 Å². The molecule has 1 saturated carbocycles. The van der Waals surface area contributed by atoms with Crippen molar-refractivity contribution in [1.29, 1.82) is 0 Å². The van der Waals surface area contributed by atoms with Crippen LogP contribution in [-0.2, 0) is 5.41 Å². The van der Waals surface area contributed by atoms with E-state index in [1.807, 2.05) is 12.1 Å². The van der Waals surface area contributed by atoms with Gasteiger partial charge in [-0.2, -0.15) is 0 Å². The first-order valence-electron chi connectivity index (χ1n) is 5.73. The fourth-order valence-electron chi connectivity index (χ4n) is 2.38. The highest BCUT2D eigenvalue weighted by molar-refractivity contribution is 6.35. The molecule has 0 spiro atoms. The summed E-state index contributed by atoms with van der Waals surface area (Å²) in [6.45, 7) is 4.38. The van der Waals surface area contributed by atoms with E-state index in [0.717, 1.165) is 11.4 Å². The van der Waals surface area contributed by atoms with Crippen molar-refractivity contribution in [1.82, 2.24) is 0 Å². The Labute approximate surface area is 107 Å². The second-order valence-corrected chi connectivity index (χ2v) is 5.35. The van der Waals surface area contributed by atoms with Gasteiger partial charge in [-0.3, -0.25) is 0 Å². The summed E-state index contributed by atoms with van der Waals surface area (Å²) >= 11 is 12.2. The molecule has 0 nitrogen and oxygen atoms in total. The average Bonchev–Trinajstić information content (AvgIpc) is 2.99. The molecule has 0 bridgehead atoms. The van der Waals surface area contributed by atoms with Crippen molar-refractivity contribution in [3.63, 3.8) is 0 Å². The lowest BCUT2D eigenvalue weighted by Gasteiger charge is -2.18. The van der Waals surface area contributed by atoms with E-state index in [1.165, 1.54) is 24.0 Å². The Morgan fingerprint density at radius 1 is 1.38 bits per heavy atom. The van der Waals surface area contributed by atoms with Crippen molar-refractivity contribution in [2.24, 2.45) is 0 Å². The summed E-state index contributed by atoms with van der Waals surface area (Å²) in [5.74, 6) is 0. The summed E-state index contributed by atoms with van der Waals surface area (Å²) < 4.78 is 0. The summed E-state index contributed by atoms with van der Waals surface area (Å²) in [6.07, 6.45) is 5.80. The van der Waals surface area contributed by atoms with Crippen molar-refractivity contribution < 1.29 is 0 Å². The lowest BCUT2D eigenvalue weighted by atomic mass is 9.88. The summed E-state index contributed by atoms with van der Waals surface area (Å²) in [4.78, 5) is 0. The van der Waals surface area contributed by atoms with Crippen LogP contribution in [0.25, 0.3) is 0 Å². The molecule has 2 rings (SSSR count). The zero-order chi connectivity index (χ0) is 11.8. The molecule has 1 fully saturated rings. The van der Waals surface area contributed by atoms with E-state index in [1.54, 1.807) is 0 Å². The van der Waals surface area contributed by atoms with Crippen LogP contribution in [0.4, 0.5) is 0 Å². The molecule has 0 unspecified atom stereocenters. The fraction of sp³-hybridized carbons (Fsp3) is 0.429. The summed E-state index contributed by atoms with van der Waals surface area (Å²) in [5.41, 5.74) is 2.89. The number of allylic oxidation sites excluding steroid dienone is 2. The molecule has 1 aromatic rings. The van der Waals surface area contributed by atoms with Gasteiger partial charge in [0.1, 0.15) is 0 Å². The molecule has 0 amide bonds. The Hall–Kier alpha value is -0.460. The lowest BCUT2D eigenvalue weighted by molar-refractivity contribution is 0.812. The van der Waals surface area contributed by atoms with E-state index in [-0.39, 0.29) is 5.41 Å². The van der Waals surface area contributed by atoms with Crippen LogP contribution in [0.3, 0.4) is 0 Å². The predicted octanol–water partition coefficient (Wildman–Crippen LogP) is 5.38. The van der Waals surface area contributed by atoms with Crippen LogP contribution in [0.1, 0.15) is 38.7 Å². The van der Waals surface area contributed by atoms with Gasteiger partial charge >= 0.3 is 0 Å². The van der Waals surface area contributed by atoms with E-state index < -0.39 is 0 Å². The molecule has 0 atom stereocenters. The van der Waals surface area contributed by atoms with Crippen molar-refractivity contribution in [3.8, 4) is 0 Å². The molecule has 86 valence electrons. The molecule has 2 heteroatoms. The minimum absolute atomic E-state index is 0.206. The van der Waals surface area contributed by atoms with Gasteiger partial charge in [-0.1, -0.05) is 47.8 Å². The van der Waals surface area contributed by atoms with Crippen molar-refractivity contribution in [2.45, 2.75) is 38.5 Å². The third kappa shape index (κ3) is 2.01. The second kappa shape index (κ2) is 4.43. The van der Waals surface area contributed by atoms with E-state index in [9.17, 15) is 0 Å². The normalized spacial score (nSPS) is 18.6. The lowest BCUT2D eigenvalue weighted by Crippen LogP contribution is -2.08. The Morgan fingerprint density at radius 3 is 2.56 bits per heavy atom. The molecule has 16 heavy (non-hydrogen) atoms. The molecular weight excluding hydrogens is 239 g/mol. The highest BCUT2D eigenvalue weighted by Crippen LogP contribution is 2.55. The van der Waals surface area contributed by atoms with Gasteiger partial charge in [0.15, 0.2) is 0 Å². The number of hydrogen-bond donors (Lipinski definition) is 0. The number of benzene rings is 1. The molecule has 0 radical (unpaired) electrons. The SMILES string of the molecule is CC/C=C(/C)C1(c2ccc(Cl)cc2Cl)CC1. The van der Waals surface area contributed by atoms with Gasteiger partial charge in [-0.15, -0.1) is 0 Å². The van der Waals surface area contributed by atoms with E-state index in [2.05, 4.69) is 26.0 Å². The van der Waals surface area contributed by atoms with E-state index in [0.29, 0.717) is 5.02 Å². The van der Waals surface area contributed by atoms with Crippen LogP contribution in [-0.4, -0.2) is 0 Å². The standard InChI is InChI=1S/C14H16Cl2/c1-3-4-10(2)14(7-8-14)12-6-5-11(15)9-13(12)16/h4-6,9H,3,7-8H2,1-2H3/b10-4-. The Kier molecular flexibility index (Phi) is 3.32. The maximum absolute atomic E-state index is 6.29. The van der Waals surface area contributed by atoms with Gasteiger partial charge in [-0.25, -0.2) is 0 Å². The molecule has 1 aliphatic carbocycles. The molecular formula is C14H16Cl2. The van der Waals surface area contributed by atoms with Crippen LogP contribution in [0.5, 0.6) is 0 Å². The van der Waals surface area contributed by atoms with Gasteiger partial charge in [-0.05, 0) is 43.9 Å². The number of hydrogen-bond acceptors (Lipinski definition) is 0. The Bertz CT molecular complexity index is 428. The molecule has 0 heterocycles. The van der Waals surface area contributed by atoms with Gasteiger partial charge in [0.05, 0.1) is 0 Å². The van der Waals surface area contributed by atoms with Crippen LogP contribution < -0.4 is 0 Å². The van der Waals surface area contributed by atoms with Crippen molar-refractivity contribution in [2.75, 3.05) is 0 Å². The van der Waals surface area contributed by atoms with E-state index in [4.69, 9.17) is 23.2 Å². The fourth-order valence-corrected chi connectivity index (χ4v) is 2.97. The zero-order valence-electron chi connectivity index (χ0n) is 9.69. The molecule has 1 aromatic carbocycles. The molecule has 0 aromatic heterocycles. The topological polar surface area (TPSA) is 0 Å². The predicted molar refractivity (Wildman–Crippen MR) is 71.4 cm³/mol.